The highest BCUT2D eigenvalue weighted by Crippen LogP contribution is 2.18. The largest absolute Gasteiger partial charge is 0.338 e. The molecule has 0 spiro atoms. The zero-order chi connectivity index (χ0) is 20.1. The molecule has 0 radical (unpaired) electrons. The molecule has 0 bridgehead atoms. The van der Waals surface area contributed by atoms with Crippen molar-refractivity contribution in [2.24, 2.45) is 0 Å². The van der Waals surface area contributed by atoms with Gasteiger partial charge in [-0.05, 0) is 30.3 Å². The Morgan fingerprint density at radius 3 is 2.41 bits per heavy atom. The number of carbonyl (C=O) groups is 1. The van der Waals surface area contributed by atoms with Crippen LogP contribution in [0.15, 0.2) is 54.9 Å². The molecule has 4 rings (SSSR count). The first-order chi connectivity index (χ1) is 14.2. The molecule has 144 valence electrons. The molecule has 0 saturated carbocycles. The third-order valence-corrected chi connectivity index (χ3v) is 4.60. The van der Waals surface area contributed by atoms with Crippen LogP contribution in [-0.4, -0.2) is 57.2 Å². The van der Waals surface area contributed by atoms with E-state index in [1.54, 1.807) is 53.7 Å². The highest BCUT2D eigenvalue weighted by molar-refractivity contribution is 5.92. The molecule has 1 aromatic carbocycles. The van der Waals surface area contributed by atoms with Gasteiger partial charge in [0, 0.05) is 38.6 Å². The summed E-state index contributed by atoms with van der Waals surface area (Å²) in [5.74, 6) is 0.984. The van der Waals surface area contributed by atoms with E-state index in [1.807, 2.05) is 6.07 Å². The van der Waals surface area contributed by atoms with E-state index in [2.05, 4.69) is 36.5 Å². The first-order valence-electron chi connectivity index (χ1n) is 9.16. The standard InChI is InChI=1S/C20H18N8O/c21-14-15-4-1-2-5-16(15)24-18-7-6-17(25-26-18)19(29)27-10-12-28(13-11-27)20-22-8-3-9-23-20/h1-9H,10-13H2,(H,24,26). The number of nitrogens with zero attached hydrogens (tertiary/aromatic N) is 7. The lowest BCUT2D eigenvalue weighted by Crippen LogP contribution is -2.49. The van der Waals surface area contributed by atoms with Crippen molar-refractivity contribution in [2.45, 2.75) is 0 Å². The average molecular weight is 386 g/mol. The van der Waals surface area contributed by atoms with Crippen molar-refractivity contribution >= 4 is 23.4 Å². The normalized spacial score (nSPS) is 13.6. The molecule has 29 heavy (non-hydrogen) atoms. The molecule has 1 aliphatic heterocycles. The highest BCUT2D eigenvalue weighted by atomic mass is 16.2. The summed E-state index contributed by atoms with van der Waals surface area (Å²) >= 11 is 0. The Labute approximate surface area is 167 Å². The lowest BCUT2D eigenvalue weighted by Gasteiger charge is -2.34. The van der Waals surface area contributed by atoms with Crippen molar-refractivity contribution in [3.63, 3.8) is 0 Å². The molecule has 1 saturated heterocycles. The second-order valence-corrected chi connectivity index (χ2v) is 6.41. The molecule has 1 N–H and O–H groups in total. The summed E-state index contributed by atoms with van der Waals surface area (Å²) in [5, 5.41) is 20.4. The van der Waals surface area contributed by atoms with Gasteiger partial charge in [0.15, 0.2) is 11.5 Å². The minimum atomic E-state index is -0.157. The van der Waals surface area contributed by atoms with Crippen molar-refractivity contribution < 1.29 is 4.79 Å². The summed E-state index contributed by atoms with van der Waals surface area (Å²) in [6.45, 7) is 2.45. The first-order valence-corrected chi connectivity index (χ1v) is 9.16. The van der Waals surface area contributed by atoms with Crippen LogP contribution >= 0.6 is 0 Å². The van der Waals surface area contributed by atoms with Crippen LogP contribution in [0.5, 0.6) is 0 Å². The van der Waals surface area contributed by atoms with Gasteiger partial charge in [-0.25, -0.2) is 9.97 Å². The van der Waals surface area contributed by atoms with Gasteiger partial charge in [-0.15, -0.1) is 10.2 Å². The van der Waals surface area contributed by atoms with Crippen molar-refractivity contribution in [3.8, 4) is 6.07 Å². The van der Waals surface area contributed by atoms with Gasteiger partial charge in [-0.1, -0.05) is 12.1 Å². The molecular weight excluding hydrogens is 368 g/mol. The van der Waals surface area contributed by atoms with Gasteiger partial charge in [0.1, 0.15) is 6.07 Å². The maximum atomic E-state index is 12.7. The van der Waals surface area contributed by atoms with E-state index in [4.69, 9.17) is 5.26 Å². The van der Waals surface area contributed by atoms with Crippen LogP contribution in [0.4, 0.5) is 17.5 Å². The third-order valence-electron chi connectivity index (χ3n) is 4.60. The first kappa shape index (κ1) is 18.3. The topological polar surface area (TPSA) is 111 Å². The lowest BCUT2D eigenvalue weighted by atomic mass is 10.2. The van der Waals surface area contributed by atoms with Crippen LogP contribution in [0.2, 0.25) is 0 Å². The van der Waals surface area contributed by atoms with E-state index < -0.39 is 0 Å². The number of aromatic nitrogens is 4. The summed E-state index contributed by atoms with van der Waals surface area (Å²) in [7, 11) is 0. The van der Waals surface area contributed by atoms with Gasteiger partial charge < -0.3 is 15.1 Å². The summed E-state index contributed by atoms with van der Waals surface area (Å²) < 4.78 is 0. The van der Waals surface area contributed by atoms with E-state index in [-0.39, 0.29) is 11.6 Å². The monoisotopic (exact) mass is 386 g/mol. The Balaban J connectivity index is 1.38. The molecule has 9 heteroatoms. The summed E-state index contributed by atoms with van der Waals surface area (Å²) in [6.07, 6.45) is 3.42. The van der Waals surface area contributed by atoms with Crippen LogP contribution in [0, 0.1) is 11.3 Å². The predicted octanol–water partition coefficient (Wildman–Crippen LogP) is 1.84. The smallest absolute Gasteiger partial charge is 0.274 e. The van der Waals surface area contributed by atoms with Gasteiger partial charge in [-0.3, -0.25) is 4.79 Å². The Bertz CT molecular complexity index is 1020. The van der Waals surface area contributed by atoms with Gasteiger partial charge >= 0.3 is 0 Å². The summed E-state index contributed by atoms with van der Waals surface area (Å²) in [6, 6.07) is 14.3. The Hall–Kier alpha value is -4.06. The van der Waals surface area contributed by atoms with Crippen molar-refractivity contribution in [1.29, 1.82) is 5.26 Å². The zero-order valence-electron chi connectivity index (χ0n) is 15.6. The Morgan fingerprint density at radius 2 is 1.72 bits per heavy atom. The van der Waals surface area contributed by atoms with Crippen LogP contribution < -0.4 is 10.2 Å². The number of carbonyl (C=O) groups excluding carboxylic acids is 1. The average Bonchev–Trinajstić information content (AvgIpc) is 2.80. The minimum absolute atomic E-state index is 0.157. The van der Waals surface area contributed by atoms with E-state index in [1.165, 1.54) is 0 Å². The number of nitrogens with one attached hydrogen (secondary N) is 1. The van der Waals surface area contributed by atoms with Crippen LogP contribution in [0.25, 0.3) is 0 Å². The van der Waals surface area contributed by atoms with Crippen molar-refractivity contribution in [3.05, 3.63) is 66.1 Å². The molecule has 0 aliphatic carbocycles. The van der Waals surface area contributed by atoms with E-state index in [9.17, 15) is 4.79 Å². The number of hydrogen-bond donors (Lipinski definition) is 1. The molecule has 9 nitrogen and oxygen atoms in total. The molecule has 3 aromatic rings. The minimum Gasteiger partial charge on any atom is -0.338 e. The second kappa shape index (κ2) is 8.31. The summed E-state index contributed by atoms with van der Waals surface area (Å²) in [5.41, 5.74) is 1.44. The Kier molecular flexibility index (Phi) is 5.25. The maximum absolute atomic E-state index is 12.7. The number of nitriles is 1. The molecule has 2 aromatic heterocycles. The van der Waals surface area contributed by atoms with E-state index >= 15 is 0 Å². The highest BCUT2D eigenvalue weighted by Gasteiger charge is 2.24. The molecule has 0 unspecified atom stereocenters. The number of para-hydroxylation sites is 1. The number of piperazine rings is 1. The van der Waals surface area contributed by atoms with Gasteiger partial charge in [0.25, 0.3) is 5.91 Å². The molecule has 1 fully saturated rings. The van der Waals surface area contributed by atoms with Crippen molar-refractivity contribution in [2.75, 3.05) is 36.4 Å². The number of hydrogen-bond acceptors (Lipinski definition) is 8. The molecular formula is C20H18N8O. The fourth-order valence-electron chi connectivity index (χ4n) is 3.07. The molecule has 0 atom stereocenters. The van der Waals surface area contributed by atoms with E-state index in [0.29, 0.717) is 49.2 Å². The lowest BCUT2D eigenvalue weighted by molar-refractivity contribution is 0.0739. The number of rotatable bonds is 4. The summed E-state index contributed by atoms with van der Waals surface area (Å²) in [4.78, 5) is 25.0. The molecule has 3 heterocycles. The zero-order valence-corrected chi connectivity index (χ0v) is 15.6. The van der Waals surface area contributed by atoms with Crippen LogP contribution in [0.1, 0.15) is 16.1 Å². The second-order valence-electron chi connectivity index (χ2n) is 6.41. The predicted molar refractivity (Wildman–Crippen MR) is 107 cm³/mol. The SMILES string of the molecule is N#Cc1ccccc1Nc1ccc(C(=O)N2CCN(c3ncccn3)CC2)nn1. The fourth-order valence-corrected chi connectivity index (χ4v) is 3.07. The number of anilines is 3. The quantitative estimate of drug-likeness (QED) is 0.723. The maximum Gasteiger partial charge on any atom is 0.274 e. The van der Waals surface area contributed by atoms with Gasteiger partial charge in [0.05, 0.1) is 11.3 Å². The van der Waals surface area contributed by atoms with Gasteiger partial charge in [0.2, 0.25) is 5.95 Å². The molecule has 1 aliphatic rings. The van der Waals surface area contributed by atoms with Crippen molar-refractivity contribution in [1.82, 2.24) is 25.1 Å². The van der Waals surface area contributed by atoms with Crippen LogP contribution in [-0.2, 0) is 0 Å². The van der Waals surface area contributed by atoms with Gasteiger partial charge in [-0.2, -0.15) is 5.26 Å². The Morgan fingerprint density at radius 1 is 0.966 bits per heavy atom. The molecule has 1 amide bonds. The van der Waals surface area contributed by atoms with Crippen LogP contribution in [0.3, 0.4) is 0 Å². The fraction of sp³-hybridized carbons (Fsp3) is 0.200. The number of amides is 1. The van der Waals surface area contributed by atoms with E-state index in [0.717, 1.165) is 0 Å². The number of benzene rings is 1. The third kappa shape index (κ3) is 4.11.